The molecule has 26 heavy (non-hydrogen) atoms. The fourth-order valence-corrected chi connectivity index (χ4v) is 2.10. The molecule has 0 atom stereocenters. The highest BCUT2D eigenvalue weighted by molar-refractivity contribution is 5.91. The van der Waals surface area contributed by atoms with Crippen molar-refractivity contribution >= 4 is 11.9 Å². The van der Waals surface area contributed by atoms with Crippen molar-refractivity contribution in [3.05, 3.63) is 84.0 Å². The third-order valence-corrected chi connectivity index (χ3v) is 3.53. The lowest BCUT2D eigenvalue weighted by atomic mass is 10.1. The van der Waals surface area contributed by atoms with Gasteiger partial charge < -0.3 is 0 Å². The van der Waals surface area contributed by atoms with E-state index in [0.717, 1.165) is 11.1 Å². The average molecular weight is 356 g/mol. The Kier molecular flexibility index (Phi) is 7.32. The molecule has 0 spiro atoms. The monoisotopic (exact) mass is 356 g/mol. The molecular formula is C20H20O6. The minimum absolute atomic E-state index is 0.177. The van der Waals surface area contributed by atoms with E-state index in [1.54, 1.807) is 62.4 Å². The molecule has 0 N–H and O–H groups in total. The van der Waals surface area contributed by atoms with Gasteiger partial charge in [0.1, 0.15) is 0 Å². The molecule has 2 radical (unpaired) electrons. The predicted molar refractivity (Wildman–Crippen MR) is 93.2 cm³/mol. The Morgan fingerprint density at radius 3 is 1.58 bits per heavy atom. The van der Waals surface area contributed by atoms with Gasteiger partial charge in [0, 0.05) is 6.42 Å². The van der Waals surface area contributed by atoms with Gasteiger partial charge in [0.25, 0.3) is 0 Å². The molecule has 2 rings (SSSR count). The molecular weight excluding hydrogens is 336 g/mol. The lowest BCUT2D eigenvalue weighted by Gasteiger charge is -2.13. The minimum Gasteiger partial charge on any atom is -0.289 e. The molecule has 0 bridgehead atoms. The SMILES string of the molecule is [CH2]CC[C](OOC(=O)c1ccccc1C)OOC(=O)c1ccccc1C. The lowest BCUT2D eigenvalue weighted by Crippen LogP contribution is -2.16. The van der Waals surface area contributed by atoms with Crippen LogP contribution < -0.4 is 0 Å². The van der Waals surface area contributed by atoms with E-state index in [4.69, 9.17) is 19.6 Å². The van der Waals surface area contributed by atoms with E-state index in [1.807, 2.05) is 0 Å². The first-order chi connectivity index (χ1) is 12.5. The average Bonchev–Trinajstić information content (AvgIpc) is 2.64. The lowest BCUT2D eigenvalue weighted by molar-refractivity contribution is -0.363. The van der Waals surface area contributed by atoms with Crippen LogP contribution in [0.5, 0.6) is 0 Å². The summed E-state index contributed by atoms with van der Waals surface area (Å²) in [5.74, 6) is -1.36. The maximum Gasteiger partial charge on any atom is 0.373 e. The maximum absolute atomic E-state index is 12.0. The van der Waals surface area contributed by atoms with Crippen LogP contribution in [0.4, 0.5) is 0 Å². The summed E-state index contributed by atoms with van der Waals surface area (Å²) in [5.41, 5.74) is 2.20. The molecule has 0 aliphatic rings. The zero-order valence-corrected chi connectivity index (χ0v) is 14.7. The minimum atomic E-state index is -0.682. The Labute approximate surface area is 152 Å². The van der Waals surface area contributed by atoms with Crippen LogP contribution in [0.25, 0.3) is 0 Å². The second-order valence-electron chi connectivity index (χ2n) is 5.51. The molecule has 0 aliphatic carbocycles. The first kappa shape index (κ1) is 19.6. The van der Waals surface area contributed by atoms with Gasteiger partial charge in [-0.2, -0.15) is 0 Å². The largest absolute Gasteiger partial charge is 0.373 e. The van der Waals surface area contributed by atoms with Gasteiger partial charge in [0.05, 0.1) is 11.1 Å². The second kappa shape index (κ2) is 9.70. The van der Waals surface area contributed by atoms with Crippen LogP contribution in [0.2, 0.25) is 0 Å². The fraction of sp³-hybridized carbons (Fsp3) is 0.200. The van der Waals surface area contributed by atoms with E-state index in [2.05, 4.69) is 6.92 Å². The Morgan fingerprint density at radius 1 is 0.769 bits per heavy atom. The highest BCUT2D eigenvalue weighted by atomic mass is 17.3. The van der Waals surface area contributed by atoms with Crippen LogP contribution in [-0.2, 0) is 19.6 Å². The van der Waals surface area contributed by atoms with Gasteiger partial charge in [-0.15, -0.1) is 9.78 Å². The van der Waals surface area contributed by atoms with Crippen LogP contribution in [0, 0.1) is 27.1 Å². The normalized spacial score (nSPS) is 10.6. The summed E-state index contributed by atoms with van der Waals surface area (Å²) >= 11 is 0. The Bertz CT molecular complexity index is 694. The molecule has 0 heterocycles. The summed E-state index contributed by atoms with van der Waals surface area (Å²) < 4.78 is 0. The van der Waals surface area contributed by atoms with Gasteiger partial charge in [-0.25, -0.2) is 9.59 Å². The van der Waals surface area contributed by atoms with E-state index in [1.165, 1.54) is 0 Å². The van der Waals surface area contributed by atoms with Crippen molar-refractivity contribution < 1.29 is 29.1 Å². The van der Waals surface area contributed by atoms with Crippen LogP contribution in [0.15, 0.2) is 48.5 Å². The highest BCUT2D eigenvalue weighted by Crippen LogP contribution is 2.18. The first-order valence-corrected chi connectivity index (χ1v) is 8.07. The van der Waals surface area contributed by atoms with E-state index >= 15 is 0 Å². The summed E-state index contributed by atoms with van der Waals surface area (Å²) in [7, 11) is 0. The molecule has 2 aromatic carbocycles. The number of aryl methyl sites for hydroxylation is 2. The summed E-state index contributed by atoms with van der Waals surface area (Å²) in [6.07, 6.45) is 0.394. The smallest absolute Gasteiger partial charge is 0.289 e. The molecule has 136 valence electrons. The van der Waals surface area contributed by atoms with Crippen molar-refractivity contribution in [3.8, 4) is 0 Å². The van der Waals surface area contributed by atoms with Crippen LogP contribution >= 0.6 is 0 Å². The van der Waals surface area contributed by atoms with E-state index < -0.39 is 11.9 Å². The van der Waals surface area contributed by atoms with Gasteiger partial charge in [0.2, 0.25) is 0 Å². The van der Waals surface area contributed by atoms with Crippen molar-refractivity contribution in [2.75, 3.05) is 0 Å². The van der Waals surface area contributed by atoms with Crippen LogP contribution in [0.1, 0.15) is 44.7 Å². The van der Waals surface area contributed by atoms with Crippen molar-refractivity contribution in [2.45, 2.75) is 26.7 Å². The number of rotatable bonds is 8. The predicted octanol–water partition coefficient (Wildman–Crippen LogP) is 4.28. The molecule has 2 aromatic rings. The van der Waals surface area contributed by atoms with E-state index in [-0.39, 0.29) is 12.7 Å². The Balaban J connectivity index is 1.90. The van der Waals surface area contributed by atoms with Crippen LogP contribution in [0.3, 0.4) is 0 Å². The zero-order chi connectivity index (χ0) is 18.9. The van der Waals surface area contributed by atoms with E-state index in [0.29, 0.717) is 17.5 Å². The second-order valence-corrected chi connectivity index (χ2v) is 5.51. The third-order valence-electron chi connectivity index (χ3n) is 3.53. The van der Waals surface area contributed by atoms with Gasteiger partial charge in [0.15, 0.2) is 0 Å². The highest BCUT2D eigenvalue weighted by Gasteiger charge is 2.21. The number of carbonyl (C=O) groups excluding carboxylic acids is 2. The van der Waals surface area contributed by atoms with Gasteiger partial charge >= 0.3 is 18.2 Å². The maximum atomic E-state index is 12.0. The molecule has 0 aromatic heterocycles. The van der Waals surface area contributed by atoms with Crippen LogP contribution in [-0.4, -0.2) is 11.9 Å². The van der Waals surface area contributed by atoms with Crippen molar-refractivity contribution in [3.63, 3.8) is 0 Å². The third kappa shape index (κ3) is 5.40. The molecule has 0 saturated carbocycles. The molecule has 6 heteroatoms. The Hall–Kier alpha value is -2.70. The number of hydrogen-bond acceptors (Lipinski definition) is 6. The standard InChI is InChI=1S/C20H20O6/c1-4-9-18(23-25-19(21)16-12-7-5-10-14(16)2)24-26-20(22)17-13-8-6-11-15(17)3/h5-8,10-13H,1,4,9H2,2-3H3. The summed E-state index contributed by atoms with van der Waals surface area (Å²) in [4.78, 5) is 43.4. The summed E-state index contributed by atoms with van der Waals surface area (Å²) in [5, 5.41) is 0. The Morgan fingerprint density at radius 2 is 1.19 bits per heavy atom. The van der Waals surface area contributed by atoms with Gasteiger partial charge in [-0.05, 0) is 43.5 Å². The van der Waals surface area contributed by atoms with Crippen molar-refractivity contribution in [1.82, 2.24) is 0 Å². The van der Waals surface area contributed by atoms with Gasteiger partial charge in [-0.1, -0.05) is 43.3 Å². The molecule has 0 aliphatic heterocycles. The molecule has 0 fully saturated rings. The summed E-state index contributed by atoms with van der Waals surface area (Å²) in [6, 6.07) is 13.8. The summed E-state index contributed by atoms with van der Waals surface area (Å²) in [6.45, 7) is 7.21. The van der Waals surface area contributed by atoms with Gasteiger partial charge in [-0.3, -0.25) is 9.78 Å². The number of carbonyl (C=O) groups is 2. The molecule has 0 saturated heterocycles. The topological polar surface area (TPSA) is 71.1 Å². The molecule has 0 unspecified atom stereocenters. The van der Waals surface area contributed by atoms with E-state index in [9.17, 15) is 9.59 Å². The number of hydrogen-bond donors (Lipinski definition) is 0. The van der Waals surface area contributed by atoms with Crippen molar-refractivity contribution in [2.24, 2.45) is 0 Å². The quantitative estimate of drug-likeness (QED) is 0.519. The molecule has 6 nitrogen and oxygen atoms in total. The number of benzene rings is 2. The molecule has 0 amide bonds. The first-order valence-electron chi connectivity index (χ1n) is 8.07. The zero-order valence-electron chi connectivity index (χ0n) is 14.7. The van der Waals surface area contributed by atoms with Crippen molar-refractivity contribution in [1.29, 1.82) is 0 Å². The fourth-order valence-electron chi connectivity index (χ4n) is 2.10.